The predicted molar refractivity (Wildman–Crippen MR) is 67.9 cm³/mol. The van der Waals surface area contributed by atoms with Gasteiger partial charge >= 0.3 is 0 Å². The van der Waals surface area contributed by atoms with Crippen molar-refractivity contribution in [2.75, 3.05) is 32.8 Å². The first-order chi connectivity index (χ1) is 7.83. The molecule has 1 fully saturated rings. The number of rotatable bonds is 3. The van der Waals surface area contributed by atoms with Gasteiger partial charge in [-0.25, -0.2) is 0 Å². The molecule has 1 aromatic heterocycles. The molecular formula is C12H20N2OS. The first-order valence-corrected chi connectivity index (χ1v) is 6.80. The number of aliphatic hydroxyl groups excluding tert-OH is 1. The minimum Gasteiger partial charge on any atom is -0.394 e. The van der Waals surface area contributed by atoms with Gasteiger partial charge in [-0.1, -0.05) is 0 Å². The van der Waals surface area contributed by atoms with E-state index in [2.05, 4.69) is 28.6 Å². The van der Waals surface area contributed by atoms with Crippen LogP contribution in [0.5, 0.6) is 0 Å². The van der Waals surface area contributed by atoms with E-state index in [1.54, 1.807) is 11.3 Å². The van der Waals surface area contributed by atoms with E-state index in [9.17, 15) is 5.11 Å². The van der Waals surface area contributed by atoms with E-state index in [4.69, 9.17) is 0 Å². The third kappa shape index (κ3) is 2.63. The Morgan fingerprint density at radius 2 is 2.38 bits per heavy atom. The van der Waals surface area contributed by atoms with Crippen molar-refractivity contribution in [1.82, 2.24) is 10.2 Å². The molecule has 1 saturated heterocycles. The predicted octanol–water partition coefficient (Wildman–Crippen LogP) is 1.39. The molecule has 0 saturated carbocycles. The van der Waals surface area contributed by atoms with Crippen LogP contribution >= 0.6 is 11.3 Å². The largest absolute Gasteiger partial charge is 0.394 e. The third-order valence-corrected chi connectivity index (χ3v) is 4.31. The molecule has 1 atom stereocenters. The van der Waals surface area contributed by atoms with Crippen LogP contribution in [0.3, 0.4) is 0 Å². The maximum absolute atomic E-state index is 9.61. The number of nitrogens with one attached hydrogen (secondary N) is 1. The molecule has 2 rings (SSSR count). The zero-order chi connectivity index (χ0) is 11.4. The molecule has 16 heavy (non-hydrogen) atoms. The lowest BCUT2D eigenvalue weighted by Gasteiger charge is -2.28. The van der Waals surface area contributed by atoms with Crippen LogP contribution in [0, 0.1) is 6.92 Å². The molecule has 1 unspecified atom stereocenters. The SMILES string of the molecule is Cc1ccsc1C(CO)N1CCCNCC1. The highest BCUT2D eigenvalue weighted by atomic mass is 32.1. The lowest BCUT2D eigenvalue weighted by molar-refractivity contribution is 0.132. The fraction of sp³-hybridized carbons (Fsp3) is 0.667. The summed E-state index contributed by atoms with van der Waals surface area (Å²) in [4.78, 5) is 3.73. The second-order valence-corrected chi connectivity index (χ2v) is 5.25. The third-order valence-electron chi connectivity index (χ3n) is 3.19. The Bertz CT molecular complexity index is 319. The van der Waals surface area contributed by atoms with Crippen LogP contribution < -0.4 is 5.32 Å². The molecule has 1 aromatic rings. The number of thiophene rings is 1. The van der Waals surface area contributed by atoms with Crippen molar-refractivity contribution in [1.29, 1.82) is 0 Å². The van der Waals surface area contributed by atoms with Crippen molar-refractivity contribution in [3.8, 4) is 0 Å². The monoisotopic (exact) mass is 240 g/mol. The number of hydrogen-bond acceptors (Lipinski definition) is 4. The van der Waals surface area contributed by atoms with E-state index in [0.717, 1.165) is 26.2 Å². The highest BCUT2D eigenvalue weighted by Gasteiger charge is 2.22. The molecule has 90 valence electrons. The lowest BCUT2D eigenvalue weighted by atomic mass is 10.1. The van der Waals surface area contributed by atoms with Crippen molar-refractivity contribution < 1.29 is 5.11 Å². The minimum absolute atomic E-state index is 0.194. The maximum Gasteiger partial charge on any atom is 0.0677 e. The van der Waals surface area contributed by atoms with E-state index in [1.807, 2.05) is 0 Å². The fourth-order valence-corrected chi connectivity index (χ4v) is 3.32. The topological polar surface area (TPSA) is 35.5 Å². The smallest absolute Gasteiger partial charge is 0.0677 e. The zero-order valence-corrected chi connectivity index (χ0v) is 10.6. The molecule has 0 bridgehead atoms. The molecule has 2 N–H and O–H groups in total. The minimum atomic E-state index is 0.194. The van der Waals surface area contributed by atoms with Gasteiger partial charge in [0.15, 0.2) is 0 Å². The van der Waals surface area contributed by atoms with Crippen molar-refractivity contribution in [2.45, 2.75) is 19.4 Å². The average Bonchev–Trinajstić information content (AvgIpc) is 2.57. The van der Waals surface area contributed by atoms with Crippen LogP contribution in [0.25, 0.3) is 0 Å². The van der Waals surface area contributed by atoms with Crippen LogP contribution in [-0.4, -0.2) is 42.8 Å². The Morgan fingerprint density at radius 3 is 3.06 bits per heavy atom. The molecule has 0 amide bonds. The summed E-state index contributed by atoms with van der Waals surface area (Å²) in [7, 11) is 0. The van der Waals surface area contributed by atoms with Gasteiger partial charge in [0.1, 0.15) is 0 Å². The summed E-state index contributed by atoms with van der Waals surface area (Å²) in [6, 6.07) is 2.33. The van der Waals surface area contributed by atoms with E-state index < -0.39 is 0 Å². The Labute approximate surface area is 101 Å². The van der Waals surface area contributed by atoms with Gasteiger partial charge in [-0.2, -0.15) is 0 Å². The van der Waals surface area contributed by atoms with Gasteiger partial charge in [0.05, 0.1) is 12.6 Å². The quantitative estimate of drug-likeness (QED) is 0.838. The van der Waals surface area contributed by atoms with Crippen LogP contribution in [0.4, 0.5) is 0 Å². The van der Waals surface area contributed by atoms with Gasteiger partial charge in [-0.3, -0.25) is 4.90 Å². The first kappa shape index (κ1) is 12.0. The van der Waals surface area contributed by atoms with Crippen LogP contribution in [0.1, 0.15) is 22.9 Å². The van der Waals surface area contributed by atoms with Gasteiger partial charge in [0.25, 0.3) is 0 Å². The molecule has 3 nitrogen and oxygen atoms in total. The first-order valence-electron chi connectivity index (χ1n) is 5.92. The van der Waals surface area contributed by atoms with Gasteiger partial charge in [-0.05, 0) is 36.9 Å². The van der Waals surface area contributed by atoms with Gasteiger partial charge < -0.3 is 10.4 Å². The summed E-state index contributed by atoms with van der Waals surface area (Å²) in [6.07, 6.45) is 1.17. The molecule has 4 heteroatoms. The Kier molecular flexibility index (Phi) is 4.35. The molecule has 0 aliphatic carbocycles. The van der Waals surface area contributed by atoms with Crippen molar-refractivity contribution in [2.24, 2.45) is 0 Å². The Balaban J connectivity index is 2.12. The lowest BCUT2D eigenvalue weighted by Crippen LogP contribution is -2.34. The standard InChI is InChI=1S/C12H20N2OS/c1-10-3-8-16-12(10)11(9-15)14-6-2-4-13-5-7-14/h3,8,11,13,15H,2,4-7,9H2,1H3. The van der Waals surface area contributed by atoms with E-state index >= 15 is 0 Å². The maximum atomic E-state index is 9.61. The number of aliphatic hydroxyl groups is 1. The molecule has 0 spiro atoms. The average molecular weight is 240 g/mol. The summed E-state index contributed by atoms with van der Waals surface area (Å²) in [5, 5.41) is 15.1. The number of hydrogen-bond donors (Lipinski definition) is 2. The molecule has 0 radical (unpaired) electrons. The van der Waals surface area contributed by atoms with Gasteiger partial charge in [0, 0.05) is 24.5 Å². The van der Waals surface area contributed by atoms with Crippen molar-refractivity contribution >= 4 is 11.3 Å². The molecule has 1 aliphatic rings. The normalized spacial score (nSPS) is 20.6. The molecule has 0 aromatic carbocycles. The summed E-state index contributed by atoms with van der Waals surface area (Å²) >= 11 is 1.76. The number of aryl methyl sites for hydroxylation is 1. The highest BCUT2D eigenvalue weighted by Crippen LogP contribution is 2.28. The fourth-order valence-electron chi connectivity index (χ4n) is 2.27. The zero-order valence-electron chi connectivity index (χ0n) is 9.78. The van der Waals surface area contributed by atoms with Gasteiger partial charge in [-0.15, -0.1) is 11.3 Å². The van der Waals surface area contributed by atoms with Crippen molar-refractivity contribution in [3.05, 3.63) is 21.9 Å². The van der Waals surface area contributed by atoms with Crippen LogP contribution in [0.15, 0.2) is 11.4 Å². The van der Waals surface area contributed by atoms with E-state index in [1.165, 1.54) is 16.9 Å². The van der Waals surface area contributed by atoms with E-state index in [0.29, 0.717) is 0 Å². The highest BCUT2D eigenvalue weighted by molar-refractivity contribution is 7.10. The molecular weight excluding hydrogens is 220 g/mol. The summed E-state index contributed by atoms with van der Waals surface area (Å²) in [5.41, 5.74) is 1.31. The van der Waals surface area contributed by atoms with Gasteiger partial charge in [0.2, 0.25) is 0 Å². The van der Waals surface area contributed by atoms with Crippen LogP contribution in [-0.2, 0) is 0 Å². The second kappa shape index (κ2) is 5.77. The summed E-state index contributed by atoms with van der Waals surface area (Å²) in [6.45, 7) is 6.59. The van der Waals surface area contributed by atoms with E-state index in [-0.39, 0.29) is 12.6 Å². The Hall–Kier alpha value is -0.420. The van der Waals surface area contributed by atoms with Crippen molar-refractivity contribution in [3.63, 3.8) is 0 Å². The second-order valence-electron chi connectivity index (χ2n) is 4.31. The molecule has 1 aliphatic heterocycles. The van der Waals surface area contributed by atoms with Crippen LogP contribution in [0.2, 0.25) is 0 Å². The summed E-state index contributed by atoms with van der Waals surface area (Å²) in [5.74, 6) is 0. The molecule has 2 heterocycles. The number of nitrogens with zero attached hydrogens (tertiary/aromatic N) is 1. The Morgan fingerprint density at radius 1 is 1.50 bits per heavy atom. The summed E-state index contributed by atoms with van der Waals surface area (Å²) < 4.78 is 0.